The maximum Gasteiger partial charge on any atom is 0.124 e. The normalized spacial score (nSPS) is 10.5. The summed E-state index contributed by atoms with van der Waals surface area (Å²) in [6.07, 6.45) is 0.905. The standard InChI is InChI=1S/C11H14O3/c1-7(2)9-5-8(3-4-12)10(13)6-11(9)14/h4-7,13-14H,3H2,1-2H3. The summed E-state index contributed by atoms with van der Waals surface area (Å²) in [6, 6.07) is 2.96. The average Bonchev–Trinajstić information content (AvgIpc) is 2.09. The van der Waals surface area contributed by atoms with Gasteiger partial charge in [0.2, 0.25) is 0 Å². The van der Waals surface area contributed by atoms with E-state index in [1.807, 2.05) is 13.8 Å². The summed E-state index contributed by atoms with van der Waals surface area (Å²) in [6.45, 7) is 3.88. The molecule has 1 rings (SSSR count). The fourth-order valence-electron chi connectivity index (χ4n) is 1.36. The molecule has 3 heteroatoms. The first-order valence-electron chi connectivity index (χ1n) is 4.54. The second-order valence-electron chi connectivity index (χ2n) is 3.57. The van der Waals surface area contributed by atoms with E-state index in [4.69, 9.17) is 0 Å². The molecule has 0 amide bonds. The molecule has 0 aliphatic rings. The molecule has 0 saturated heterocycles. The Morgan fingerprint density at radius 3 is 2.43 bits per heavy atom. The summed E-state index contributed by atoms with van der Waals surface area (Å²) in [5, 5.41) is 18.9. The number of hydrogen-bond acceptors (Lipinski definition) is 3. The summed E-state index contributed by atoms with van der Waals surface area (Å²) in [5.74, 6) is 0.215. The lowest BCUT2D eigenvalue weighted by atomic mass is 9.98. The molecule has 0 spiro atoms. The first-order valence-corrected chi connectivity index (χ1v) is 4.54. The summed E-state index contributed by atoms with van der Waals surface area (Å²) in [4.78, 5) is 10.3. The van der Waals surface area contributed by atoms with Gasteiger partial charge in [-0.25, -0.2) is 0 Å². The van der Waals surface area contributed by atoms with Crippen LogP contribution >= 0.6 is 0 Å². The van der Waals surface area contributed by atoms with E-state index in [-0.39, 0.29) is 23.8 Å². The smallest absolute Gasteiger partial charge is 0.124 e. The van der Waals surface area contributed by atoms with Gasteiger partial charge in [-0.15, -0.1) is 0 Å². The van der Waals surface area contributed by atoms with Gasteiger partial charge in [-0.2, -0.15) is 0 Å². The van der Waals surface area contributed by atoms with Gasteiger partial charge >= 0.3 is 0 Å². The fraction of sp³-hybridized carbons (Fsp3) is 0.364. The number of phenols is 2. The highest BCUT2D eigenvalue weighted by Crippen LogP contribution is 2.32. The number of rotatable bonds is 3. The Morgan fingerprint density at radius 2 is 1.93 bits per heavy atom. The maximum atomic E-state index is 10.3. The largest absolute Gasteiger partial charge is 0.508 e. The predicted octanol–water partition coefficient (Wildman–Crippen LogP) is 1.96. The van der Waals surface area contributed by atoms with Crippen molar-refractivity contribution in [2.75, 3.05) is 0 Å². The Labute approximate surface area is 83.0 Å². The molecule has 0 aliphatic heterocycles. The molecule has 0 radical (unpaired) electrons. The second-order valence-corrected chi connectivity index (χ2v) is 3.57. The second kappa shape index (κ2) is 4.13. The van der Waals surface area contributed by atoms with Crippen LogP contribution in [0.2, 0.25) is 0 Å². The number of phenolic OH excluding ortho intramolecular Hbond substituents is 2. The summed E-state index contributed by atoms with van der Waals surface area (Å²) in [7, 11) is 0. The van der Waals surface area contributed by atoms with Crippen LogP contribution in [0.25, 0.3) is 0 Å². The quantitative estimate of drug-likeness (QED) is 0.723. The van der Waals surface area contributed by atoms with Gasteiger partial charge in [0.05, 0.1) is 0 Å². The molecule has 0 fully saturated rings. The van der Waals surface area contributed by atoms with Crippen LogP contribution in [0, 0.1) is 0 Å². The summed E-state index contributed by atoms with van der Waals surface area (Å²) >= 11 is 0. The monoisotopic (exact) mass is 194 g/mol. The third kappa shape index (κ3) is 2.05. The zero-order valence-electron chi connectivity index (χ0n) is 8.32. The van der Waals surface area contributed by atoms with Gasteiger partial charge in [0.25, 0.3) is 0 Å². The SMILES string of the molecule is CC(C)c1cc(CC=O)c(O)cc1O. The van der Waals surface area contributed by atoms with Gasteiger partial charge in [0.15, 0.2) is 0 Å². The predicted molar refractivity (Wildman–Crippen MR) is 53.6 cm³/mol. The number of hydrogen-bond donors (Lipinski definition) is 2. The zero-order chi connectivity index (χ0) is 10.7. The van der Waals surface area contributed by atoms with Gasteiger partial charge in [0, 0.05) is 18.1 Å². The van der Waals surface area contributed by atoms with Crippen LogP contribution < -0.4 is 0 Å². The van der Waals surface area contributed by atoms with Crippen LogP contribution in [0.4, 0.5) is 0 Å². The first kappa shape index (κ1) is 10.6. The lowest BCUT2D eigenvalue weighted by Crippen LogP contribution is -1.93. The third-order valence-corrected chi connectivity index (χ3v) is 2.15. The lowest BCUT2D eigenvalue weighted by molar-refractivity contribution is -0.107. The molecule has 14 heavy (non-hydrogen) atoms. The van der Waals surface area contributed by atoms with Crippen molar-refractivity contribution in [2.24, 2.45) is 0 Å². The molecular weight excluding hydrogens is 180 g/mol. The van der Waals surface area contributed by atoms with E-state index in [0.717, 1.165) is 11.8 Å². The Balaban J connectivity index is 3.19. The molecule has 3 nitrogen and oxygen atoms in total. The van der Waals surface area contributed by atoms with Gasteiger partial charge in [-0.3, -0.25) is 0 Å². The Hall–Kier alpha value is -1.51. The van der Waals surface area contributed by atoms with Crippen molar-refractivity contribution >= 4 is 6.29 Å². The van der Waals surface area contributed by atoms with Gasteiger partial charge in [0.1, 0.15) is 17.8 Å². The van der Waals surface area contributed by atoms with E-state index in [0.29, 0.717) is 5.56 Å². The van der Waals surface area contributed by atoms with Crippen molar-refractivity contribution in [2.45, 2.75) is 26.2 Å². The Bertz CT molecular complexity index is 343. The van der Waals surface area contributed by atoms with Gasteiger partial charge in [-0.05, 0) is 17.5 Å². The van der Waals surface area contributed by atoms with E-state index >= 15 is 0 Å². The van der Waals surface area contributed by atoms with Crippen LogP contribution in [0.3, 0.4) is 0 Å². The highest BCUT2D eigenvalue weighted by molar-refractivity contribution is 5.59. The molecule has 0 bridgehead atoms. The van der Waals surface area contributed by atoms with Crippen LogP contribution in [0.1, 0.15) is 30.9 Å². The van der Waals surface area contributed by atoms with E-state index in [9.17, 15) is 15.0 Å². The van der Waals surface area contributed by atoms with E-state index in [1.165, 1.54) is 6.07 Å². The van der Waals surface area contributed by atoms with Crippen LogP contribution in [0.5, 0.6) is 11.5 Å². The molecule has 0 aliphatic carbocycles. The van der Waals surface area contributed by atoms with Crippen LogP contribution in [0.15, 0.2) is 12.1 Å². The number of aromatic hydroxyl groups is 2. The number of benzene rings is 1. The fourth-order valence-corrected chi connectivity index (χ4v) is 1.36. The topological polar surface area (TPSA) is 57.5 Å². The van der Waals surface area contributed by atoms with E-state index < -0.39 is 0 Å². The number of carbonyl (C=O) groups is 1. The molecule has 0 heterocycles. The highest BCUT2D eigenvalue weighted by atomic mass is 16.3. The first-order chi connectivity index (χ1) is 6.56. The van der Waals surface area contributed by atoms with Crippen molar-refractivity contribution in [3.63, 3.8) is 0 Å². The highest BCUT2D eigenvalue weighted by Gasteiger charge is 2.10. The lowest BCUT2D eigenvalue weighted by Gasteiger charge is -2.11. The minimum absolute atomic E-state index is 0.0287. The molecular formula is C11H14O3. The van der Waals surface area contributed by atoms with Gasteiger partial charge < -0.3 is 15.0 Å². The molecule has 1 aromatic carbocycles. The van der Waals surface area contributed by atoms with Crippen molar-refractivity contribution in [3.8, 4) is 11.5 Å². The van der Waals surface area contributed by atoms with Crippen molar-refractivity contribution < 1.29 is 15.0 Å². The molecule has 76 valence electrons. The van der Waals surface area contributed by atoms with Gasteiger partial charge in [-0.1, -0.05) is 13.8 Å². The van der Waals surface area contributed by atoms with Crippen LogP contribution in [-0.2, 0) is 11.2 Å². The van der Waals surface area contributed by atoms with Crippen LogP contribution in [-0.4, -0.2) is 16.5 Å². The molecule has 1 aromatic rings. The summed E-state index contributed by atoms with van der Waals surface area (Å²) in [5.41, 5.74) is 1.31. The molecule has 0 atom stereocenters. The van der Waals surface area contributed by atoms with E-state index in [1.54, 1.807) is 6.07 Å². The molecule has 0 unspecified atom stereocenters. The van der Waals surface area contributed by atoms with E-state index in [2.05, 4.69) is 0 Å². The maximum absolute atomic E-state index is 10.3. The minimum atomic E-state index is -0.0287. The van der Waals surface area contributed by atoms with Crippen molar-refractivity contribution in [1.82, 2.24) is 0 Å². The molecule has 2 N–H and O–H groups in total. The molecule has 0 saturated carbocycles. The summed E-state index contributed by atoms with van der Waals surface area (Å²) < 4.78 is 0. The Kier molecular flexibility index (Phi) is 3.12. The minimum Gasteiger partial charge on any atom is -0.508 e. The average molecular weight is 194 g/mol. The van der Waals surface area contributed by atoms with Crippen molar-refractivity contribution in [1.29, 1.82) is 0 Å². The molecule has 0 aromatic heterocycles. The zero-order valence-corrected chi connectivity index (χ0v) is 8.32. The number of carbonyl (C=O) groups excluding carboxylic acids is 1. The Morgan fingerprint density at radius 1 is 1.29 bits per heavy atom. The van der Waals surface area contributed by atoms with Crippen molar-refractivity contribution in [3.05, 3.63) is 23.3 Å². The number of aldehydes is 1. The third-order valence-electron chi connectivity index (χ3n) is 2.15.